The molecule has 7 nitrogen and oxygen atoms in total. The molecule has 0 aromatic carbocycles. The maximum absolute atomic E-state index is 8.29. The molecule has 134 valence electrons. The van der Waals surface area contributed by atoms with Crippen LogP contribution in [-0.2, 0) is 6.42 Å². The predicted molar refractivity (Wildman–Crippen MR) is 102 cm³/mol. The zero-order valence-corrected chi connectivity index (χ0v) is 15.7. The first kappa shape index (κ1) is 18.9. The lowest BCUT2D eigenvalue weighted by Crippen LogP contribution is -2.13. The van der Waals surface area contributed by atoms with Crippen molar-refractivity contribution in [2.45, 2.75) is 40.2 Å². The Morgan fingerprint density at radius 2 is 2.08 bits per heavy atom. The first-order valence-corrected chi connectivity index (χ1v) is 8.46. The van der Waals surface area contributed by atoms with Gasteiger partial charge in [0.25, 0.3) is 0 Å². The van der Waals surface area contributed by atoms with Crippen molar-refractivity contribution in [1.29, 1.82) is 5.41 Å². The smallest absolute Gasteiger partial charge is 0.224 e. The van der Waals surface area contributed by atoms with Gasteiger partial charge in [0.1, 0.15) is 0 Å². The van der Waals surface area contributed by atoms with Crippen molar-refractivity contribution < 1.29 is 0 Å². The van der Waals surface area contributed by atoms with Crippen LogP contribution in [-0.4, -0.2) is 25.5 Å². The molecule has 2 aromatic rings. The van der Waals surface area contributed by atoms with Crippen molar-refractivity contribution in [3.8, 4) is 0 Å². The summed E-state index contributed by atoms with van der Waals surface area (Å²) < 4.78 is 1.84. The van der Waals surface area contributed by atoms with Crippen LogP contribution in [0.4, 0.5) is 0 Å². The van der Waals surface area contributed by atoms with E-state index in [1.165, 1.54) is 6.20 Å². The number of hydrogen-bond donors (Lipinski definition) is 3. The van der Waals surface area contributed by atoms with Crippen LogP contribution in [0.15, 0.2) is 29.7 Å². The molecule has 0 spiro atoms. The van der Waals surface area contributed by atoms with E-state index in [1.807, 2.05) is 32.4 Å². The molecule has 0 saturated carbocycles. The molecule has 0 aliphatic heterocycles. The quantitative estimate of drug-likeness (QED) is 0.415. The summed E-state index contributed by atoms with van der Waals surface area (Å²) in [6, 6.07) is 0.147. The maximum atomic E-state index is 8.29. The Kier molecular flexibility index (Phi) is 5.79. The molecule has 0 aliphatic carbocycles. The van der Waals surface area contributed by atoms with Crippen LogP contribution in [0.5, 0.6) is 0 Å². The lowest BCUT2D eigenvalue weighted by molar-refractivity contribution is 0.536. The largest absolute Gasteiger partial charge is 0.403 e. The fourth-order valence-corrected chi connectivity index (χ4v) is 2.59. The van der Waals surface area contributed by atoms with Crippen molar-refractivity contribution in [2.75, 3.05) is 0 Å². The van der Waals surface area contributed by atoms with Crippen LogP contribution in [0.2, 0.25) is 5.28 Å². The third-order valence-electron chi connectivity index (χ3n) is 4.02. The molecule has 1 atom stereocenters. The summed E-state index contributed by atoms with van der Waals surface area (Å²) in [6.07, 6.45) is 5.36. The van der Waals surface area contributed by atoms with E-state index in [2.05, 4.69) is 15.1 Å². The topological polar surface area (TPSA) is 119 Å². The van der Waals surface area contributed by atoms with Gasteiger partial charge >= 0.3 is 0 Å². The predicted octanol–water partition coefficient (Wildman–Crippen LogP) is 2.96. The minimum Gasteiger partial charge on any atom is -0.403 e. The second-order valence-electron chi connectivity index (χ2n) is 6.37. The van der Waals surface area contributed by atoms with E-state index in [9.17, 15) is 0 Å². The normalized spacial score (nSPS) is 14.3. The van der Waals surface area contributed by atoms with Crippen molar-refractivity contribution in [3.05, 3.63) is 40.7 Å². The van der Waals surface area contributed by atoms with E-state index in [0.717, 1.165) is 16.7 Å². The summed E-state index contributed by atoms with van der Waals surface area (Å²) in [6.45, 7) is 7.88. The molecule has 8 heteroatoms. The molecule has 0 aliphatic rings. The Balaban J connectivity index is 2.32. The van der Waals surface area contributed by atoms with Crippen LogP contribution >= 0.6 is 11.6 Å². The second-order valence-corrected chi connectivity index (χ2v) is 6.71. The van der Waals surface area contributed by atoms with Crippen LogP contribution in [0, 0.1) is 11.3 Å². The number of allylic oxidation sites excluding steroid dienone is 2. The Labute approximate surface area is 152 Å². The van der Waals surface area contributed by atoms with Gasteiger partial charge in [-0.25, -0.2) is 9.67 Å². The second kappa shape index (κ2) is 7.65. The molecule has 2 heterocycles. The Morgan fingerprint density at radius 1 is 1.40 bits per heavy atom. The number of nitrogens with zero attached hydrogens (tertiary/aromatic N) is 4. The van der Waals surface area contributed by atoms with E-state index >= 15 is 0 Å². The van der Waals surface area contributed by atoms with Crippen molar-refractivity contribution >= 4 is 28.3 Å². The average Bonchev–Trinajstić information content (AvgIpc) is 2.91. The number of hydrogen-bond acceptors (Lipinski definition) is 6. The summed E-state index contributed by atoms with van der Waals surface area (Å²) in [7, 11) is 0. The zero-order chi connectivity index (χ0) is 18.7. The minimum atomic E-state index is -0.0464. The van der Waals surface area contributed by atoms with E-state index in [0.29, 0.717) is 23.5 Å². The van der Waals surface area contributed by atoms with E-state index < -0.39 is 0 Å². The van der Waals surface area contributed by atoms with Crippen molar-refractivity contribution in [1.82, 2.24) is 19.7 Å². The average molecular weight is 362 g/mol. The maximum Gasteiger partial charge on any atom is 0.224 e. The molecule has 0 amide bonds. The lowest BCUT2D eigenvalue weighted by atomic mass is 9.97. The van der Waals surface area contributed by atoms with Crippen molar-refractivity contribution in [2.24, 2.45) is 17.4 Å². The van der Waals surface area contributed by atoms with Gasteiger partial charge in [0.15, 0.2) is 5.65 Å². The fourth-order valence-electron chi connectivity index (χ4n) is 2.46. The molecule has 0 bridgehead atoms. The van der Waals surface area contributed by atoms with Gasteiger partial charge in [-0.1, -0.05) is 6.92 Å². The zero-order valence-electron chi connectivity index (χ0n) is 14.9. The van der Waals surface area contributed by atoms with Crippen molar-refractivity contribution in [3.63, 3.8) is 0 Å². The lowest BCUT2D eigenvalue weighted by Gasteiger charge is -2.10. The SMILES string of the molecule is CC(=C/C(=N)C(C)Cc1nn(C(C)C)c2nc(Cl)ncc12)/C(N)=C\N. The molecular weight excluding hydrogens is 338 g/mol. The molecule has 2 rings (SSSR count). The molecule has 25 heavy (non-hydrogen) atoms. The van der Waals surface area contributed by atoms with Crippen LogP contribution in [0.25, 0.3) is 11.0 Å². The Hall–Kier alpha value is -2.41. The minimum absolute atomic E-state index is 0.0464. The fraction of sp³-hybridized carbons (Fsp3) is 0.412. The summed E-state index contributed by atoms with van der Waals surface area (Å²) in [5.74, 6) is -0.0464. The number of rotatable bonds is 6. The monoisotopic (exact) mass is 361 g/mol. The first-order valence-electron chi connectivity index (χ1n) is 8.08. The molecule has 2 aromatic heterocycles. The molecule has 0 radical (unpaired) electrons. The molecule has 0 fully saturated rings. The number of fused-ring (bicyclic) bond motifs is 1. The molecule has 0 saturated heterocycles. The highest BCUT2D eigenvalue weighted by molar-refractivity contribution is 6.28. The third-order valence-corrected chi connectivity index (χ3v) is 4.20. The summed E-state index contributed by atoms with van der Waals surface area (Å²) in [4.78, 5) is 8.38. The van der Waals surface area contributed by atoms with Gasteiger partial charge in [0.05, 0.1) is 16.8 Å². The molecular formula is C17H24ClN7. The first-order chi connectivity index (χ1) is 11.7. The number of aromatic nitrogens is 4. The van der Waals surface area contributed by atoms with Gasteiger partial charge in [-0.15, -0.1) is 0 Å². The van der Waals surface area contributed by atoms with E-state index in [4.69, 9.17) is 28.5 Å². The highest BCUT2D eigenvalue weighted by Crippen LogP contribution is 2.23. The van der Waals surface area contributed by atoms with E-state index in [-0.39, 0.29) is 17.2 Å². The van der Waals surface area contributed by atoms with Gasteiger partial charge in [0.2, 0.25) is 5.28 Å². The van der Waals surface area contributed by atoms with Crippen LogP contribution < -0.4 is 11.5 Å². The van der Waals surface area contributed by atoms with Gasteiger partial charge in [-0.2, -0.15) is 10.1 Å². The molecule has 1 unspecified atom stereocenters. The van der Waals surface area contributed by atoms with Crippen LogP contribution in [0.3, 0.4) is 0 Å². The van der Waals surface area contributed by atoms with Gasteiger partial charge in [0, 0.05) is 36.5 Å². The summed E-state index contributed by atoms with van der Waals surface area (Å²) in [5.41, 5.74) is 14.5. The standard InChI is InChI=1S/C17H24ClN7/c1-9(2)25-16-12(8-22-17(18)23-16)15(24-25)6-11(4)13(20)5-10(3)14(21)7-19/h5,7-9,11,20H,6,19,21H2,1-4H3/b10-5-,14-7+,20-13?. The summed E-state index contributed by atoms with van der Waals surface area (Å²) >= 11 is 5.93. The number of halogens is 1. The Bertz CT molecular complexity index is 848. The highest BCUT2D eigenvalue weighted by atomic mass is 35.5. The number of nitrogens with two attached hydrogens (primary N) is 2. The Morgan fingerprint density at radius 3 is 2.68 bits per heavy atom. The van der Waals surface area contributed by atoms with E-state index in [1.54, 1.807) is 12.3 Å². The van der Waals surface area contributed by atoms with Gasteiger partial charge < -0.3 is 16.9 Å². The summed E-state index contributed by atoms with van der Waals surface area (Å²) in [5, 5.41) is 14.0. The number of nitrogens with one attached hydrogen (secondary N) is 1. The molecule has 5 N–H and O–H groups in total. The van der Waals surface area contributed by atoms with Gasteiger partial charge in [-0.05, 0) is 44.0 Å². The highest BCUT2D eigenvalue weighted by Gasteiger charge is 2.18. The third kappa shape index (κ3) is 4.17. The van der Waals surface area contributed by atoms with Crippen LogP contribution in [0.1, 0.15) is 39.4 Å². The van der Waals surface area contributed by atoms with Gasteiger partial charge in [-0.3, -0.25) is 0 Å².